The molecule has 3 aromatic rings. The maximum Gasteiger partial charge on any atom is 0.224 e. The fourth-order valence-electron chi connectivity index (χ4n) is 3.94. The quantitative estimate of drug-likeness (QED) is 0.365. The molecule has 180 valence electrons. The molecule has 2 N–H and O–H groups in total. The average Bonchev–Trinajstić information content (AvgIpc) is 3.39. The molecule has 35 heavy (non-hydrogen) atoms. The summed E-state index contributed by atoms with van der Waals surface area (Å²) in [5, 5.41) is 10.7. The third-order valence-corrected chi connectivity index (χ3v) is 6.43. The molecule has 8 nitrogen and oxygen atoms in total. The smallest absolute Gasteiger partial charge is 0.224 e. The van der Waals surface area contributed by atoms with E-state index in [-0.39, 0.29) is 17.5 Å². The molecule has 0 spiro atoms. The standard InChI is InChI=1S/C25H25FN6O2S/c1-5-7-15(13-27-4)22-17-9-10-19-24(35-25(30-19)28-14(3)33)23(17)32(31-22)20-11-8-16(12-18(20)26)29-21(34)6-2/h5,7-8,11-13H,1,6,9-10H2,2-4H3,(H,29,34)(H,28,30,33)/b15-7+,27-13?. The number of aliphatic imine (C=N–C) groups is 1. The number of hydrogen-bond donors (Lipinski definition) is 2. The first-order chi connectivity index (χ1) is 16.9. The highest BCUT2D eigenvalue weighted by Gasteiger charge is 2.31. The number of carbonyl (C=O) groups excluding carboxylic acids is 2. The molecule has 4 rings (SSSR count). The van der Waals surface area contributed by atoms with Crippen LogP contribution in [0.2, 0.25) is 0 Å². The van der Waals surface area contributed by atoms with Crippen molar-refractivity contribution in [1.82, 2.24) is 14.8 Å². The van der Waals surface area contributed by atoms with Gasteiger partial charge in [-0.3, -0.25) is 14.6 Å². The van der Waals surface area contributed by atoms with E-state index in [1.807, 2.05) is 6.08 Å². The first kappa shape index (κ1) is 24.2. The van der Waals surface area contributed by atoms with Gasteiger partial charge in [0, 0.05) is 43.4 Å². The van der Waals surface area contributed by atoms with E-state index in [0.717, 1.165) is 27.4 Å². The number of anilines is 2. The van der Waals surface area contributed by atoms with Crippen LogP contribution in [0.3, 0.4) is 0 Å². The van der Waals surface area contributed by atoms with E-state index >= 15 is 4.39 Å². The number of aromatic nitrogens is 3. The predicted octanol–water partition coefficient (Wildman–Crippen LogP) is 4.81. The second-order valence-corrected chi connectivity index (χ2v) is 8.88. The van der Waals surface area contributed by atoms with Gasteiger partial charge >= 0.3 is 0 Å². The Morgan fingerprint density at radius 2 is 2.11 bits per heavy atom. The van der Waals surface area contributed by atoms with E-state index in [2.05, 4.69) is 27.2 Å². The van der Waals surface area contributed by atoms with Gasteiger partial charge in [0.25, 0.3) is 0 Å². The molecule has 0 atom stereocenters. The van der Waals surface area contributed by atoms with Crippen molar-refractivity contribution in [2.75, 3.05) is 17.7 Å². The van der Waals surface area contributed by atoms with Gasteiger partial charge < -0.3 is 10.6 Å². The summed E-state index contributed by atoms with van der Waals surface area (Å²) in [6.07, 6.45) is 6.75. The van der Waals surface area contributed by atoms with E-state index in [0.29, 0.717) is 35.8 Å². The van der Waals surface area contributed by atoms with Crippen molar-refractivity contribution in [2.45, 2.75) is 33.1 Å². The van der Waals surface area contributed by atoms with Gasteiger partial charge in [0.05, 0.1) is 22.0 Å². The van der Waals surface area contributed by atoms with Crippen LogP contribution in [0.15, 0.2) is 41.9 Å². The van der Waals surface area contributed by atoms with Gasteiger partial charge in [0.15, 0.2) is 10.9 Å². The lowest BCUT2D eigenvalue weighted by Gasteiger charge is -2.15. The summed E-state index contributed by atoms with van der Waals surface area (Å²) in [6, 6.07) is 4.52. The van der Waals surface area contributed by atoms with E-state index in [4.69, 9.17) is 5.10 Å². The van der Waals surface area contributed by atoms with Crippen molar-refractivity contribution in [3.63, 3.8) is 0 Å². The fourth-order valence-corrected chi connectivity index (χ4v) is 5.05. The average molecular weight is 493 g/mol. The van der Waals surface area contributed by atoms with Gasteiger partial charge in [-0.2, -0.15) is 5.10 Å². The first-order valence-electron chi connectivity index (χ1n) is 11.1. The molecular formula is C25H25FN6O2S. The molecule has 1 aromatic carbocycles. The Bertz CT molecular complexity index is 1380. The van der Waals surface area contributed by atoms with Gasteiger partial charge in [-0.25, -0.2) is 14.1 Å². The lowest BCUT2D eigenvalue weighted by atomic mass is 9.95. The summed E-state index contributed by atoms with van der Waals surface area (Å²) < 4.78 is 17.0. The molecule has 1 aliphatic carbocycles. The molecule has 0 saturated carbocycles. The van der Waals surface area contributed by atoms with Crippen LogP contribution in [-0.4, -0.2) is 39.8 Å². The summed E-state index contributed by atoms with van der Waals surface area (Å²) in [6.45, 7) is 6.95. The van der Waals surface area contributed by atoms with Gasteiger partial charge in [-0.15, -0.1) is 0 Å². The fraction of sp³-hybridized carbons (Fsp3) is 0.240. The molecular weight excluding hydrogens is 467 g/mol. The normalized spacial score (nSPS) is 12.9. The summed E-state index contributed by atoms with van der Waals surface area (Å²) in [7, 11) is 1.67. The van der Waals surface area contributed by atoms with E-state index < -0.39 is 5.82 Å². The Kier molecular flexibility index (Phi) is 7.02. The highest BCUT2D eigenvalue weighted by molar-refractivity contribution is 7.19. The van der Waals surface area contributed by atoms with Crippen molar-refractivity contribution in [3.8, 4) is 16.3 Å². The molecule has 2 amide bonds. The Labute approximate surface area is 206 Å². The zero-order valence-electron chi connectivity index (χ0n) is 19.7. The first-order valence-corrected chi connectivity index (χ1v) is 11.9. The second kappa shape index (κ2) is 10.1. The molecule has 0 fully saturated rings. The minimum Gasteiger partial charge on any atom is -0.326 e. The number of fused-ring (bicyclic) bond motifs is 3. The SMILES string of the molecule is C=C/C=C(\C=NC)c1nn(-c2ccc(NC(=O)CC)cc2F)c2c1CCc1nc(NC(C)=O)sc1-2. The maximum atomic E-state index is 15.4. The van der Waals surface area contributed by atoms with Crippen LogP contribution in [-0.2, 0) is 22.4 Å². The molecule has 2 heterocycles. The van der Waals surface area contributed by atoms with Gasteiger partial charge in [0.1, 0.15) is 5.69 Å². The van der Waals surface area contributed by atoms with Crippen LogP contribution in [0.1, 0.15) is 37.2 Å². The number of halogens is 1. The number of rotatable bonds is 7. The molecule has 1 aliphatic rings. The minimum atomic E-state index is -0.534. The van der Waals surface area contributed by atoms with E-state index in [1.54, 1.807) is 43.1 Å². The highest BCUT2D eigenvalue weighted by atomic mass is 32.1. The number of nitrogens with one attached hydrogen (secondary N) is 2. The topological polar surface area (TPSA) is 101 Å². The van der Waals surface area contributed by atoms with Gasteiger partial charge in [0.2, 0.25) is 11.8 Å². The molecule has 0 bridgehead atoms. The van der Waals surface area contributed by atoms with Crippen molar-refractivity contribution in [3.05, 3.63) is 59.7 Å². The van der Waals surface area contributed by atoms with E-state index in [9.17, 15) is 9.59 Å². The summed E-state index contributed by atoms with van der Waals surface area (Å²) in [4.78, 5) is 32.9. The predicted molar refractivity (Wildman–Crippen MR) is 138 cm³/mol. The molecule has 0 saturated heterocycles. The van der Waals surface area contributed by atoms with Crippen molar-refractivity contribution in [2.24, 2.45) is 4.99 Å². The molecule has 0 radical (unpaired) electrons. The van der Waals surface area contributed by atoms with Crippen LogP contribution in [0.4, 0.5) is 15.2 Å². The van der Waals surface area contributed by atoms with E-state index in [1.165, 1.54) is 24.3 Å². The Balaban J connectivity index is 1.92. The van der Waals surface area contributed by atoms with Crippen LogP contribution >= 0.6 is 11.3 Å². The summed E-state index contributed by atoms with van der Waals surface area (Å²) in [5.74, 6) is -0.946. The number of aryl methyl sites for hydroxylation is 1. The van der Waals surface area contributed by atoms with Crippen LogP contribution < -0.4 is 10.6 Å². The van der Waals surface area contributed by atoms with Gasteiger partial charge in [-0.05, 0) is 31.0 Å². The number of hydrogen-bond acceptors (Lipinski definition) is 6. The molecule has 0 unspecified atom stereocenters. The van der Waals surface area contributed by atoms with Crippen molar-refractivity contribution >= 4 is 45.8 Å². The minimum absolute atomic E-state index is 0.200. The Morgan fingerprint density at radius 1 is 1.31 bits per heavy atom. The Hall–Kier alpha value is -3.92. The van der Waals surface area contributed by atoms with Gasteiger partial charge in [-0.1, -0.05) is 37.0 Å². The van der Waals surface area contributed by atoms with Crippen LogP contribution in [0.25, 0.3) is 21.8 Å². The van der Waals surface area contributed by atoms with Crippen molar-refractivity contribution < 1.29 is 14.0 Å². The molecule has 2 aromatic heterocycles. The summed E-state index contributed by atoms with van der Waals surface area (Å²) >= 11 is 1.33. The number of thiazole rings is 1. The zero-order chi connectivity index (χ0) is 25.1. The third kappa shape index (κ3) is 4.83. The maximum absolute atomic E-state index is 15.4. The largest absolute Gasteiger partial charge is 0.326 e. The number of nitrogens with zero attached hydrogens (tertiary/aromatic N) is 4. The lowest BCUT2D eigenvalue weighted by Crippen LogP contribution is -2.11. The monoisotopic (exact) mass is 492 g/mol. The Morgan fingerprint density at radius 3 is 2.77 bits per heavy atom. The zero-order valence-corrected chi connectivity index (χ0v) is 20.5. The number of amides is 2. The number of benzene rings is 1. The van der Waals surface area contributed by atoms with Crippen molar-refractivity contribution in [1.29, 1.82) is 0 Å². The number of allylic oxidation sites excluding steroid dienone is 3. The molecule has 10 heteroatoms. The third-order valence-electron chi connectivity index (χ3n) is 5.41. The molecule has 0 aliphatic heterocycles. The van der Waals surface area contributed by atoms with Crippen LogP contribution in [0, 0.1) is 5.82 Å². The summed E-state index contributed by atoms with van der Waals surface area (Å²) in [5.41, 5.74) is 4.51. The highest BCUT2D eigenvalue weighted by Crippen LogP contribution is 2.43. The van der Waals surface area contributed by atoms with Crippen LogP contribution in [0.5, 0.6) is 0 Å². The lowest BCUT2D eigenvalue weighted by molar-refractivity contribution is -0.116. The second-order valence-electron chi connectivity index (χ2n) is 7.88. The number of carbonyl (C=O) groups is 2.